The largest absolute Gasteiger partial charge is 0.475 e. The Morgan fingerprint density at radius 2 is 2.29 bits per heavy atom. The van der Waals surface area contributed by atoms with Gasteiger partial charge in [-0.1, -0.05) is 17.7 Å². The zero-order valence-corrected chi connectivity index (χ0v) is 13.8. The number of ketones is 1. The van der Waals surface area contributed by atoms with Gasteiger partial charge in [-0.15, -0.1) is 6.58 Å². The Kier molecular flexibility index (Phi) is 4.57. The van der Waals surface area contributed by atoms with E-state index in [2.05, 4.69) is 21.5 Å². The molecule has 0 aromatic carbocycles. The van der Waals surface area contributed by atoms with E-state index in [0.29, 0.717) is 46.5 Å². The fourth-order valence-electron chi connectivity index (χ4n) is 2.20. The van der Waals surface area contributed by atoms with Crippen LogP contribution in [0.25, 0.3) is 16.9 Å². The molecule has 3 heterocycles. The molecule has 122 valence electrons. The van der Waals surface area contributed by atoms with Gasteiger partial charge >= 0.3 is 0 Å². The molecule has 3 aromatic heterocycles. The molecule has 0 unspecified atom stereocenters. The third-order valence-corrected chi connectivity index (χ3v) is 3.70. The molecule has 0 spiro atoms. The van der Waals surface area contributed by atoms with Crippen molar-refractivity contribution >= 4 is 23.0 Å². The van der Waals surface area contributed by atoms with E-state index in [4.69, 9.17) is 16.3 Å². The van der Waals surface area contributed by atoms with Gasteiger partial charge in [-0.25, -0.2) is 9.97 Å². The van der Waals surface area contributed by atoms with Gasteiger partial charge < -0.3 is 9.14 Å². The maximum atomic E-state index is 11.6. The molecule has 0 saturated carbocycles. The van der Waals surface area contributed by atoms with Crippen LogP contribution in [-0.2, 0) is 0 Å². The zero-order valence-electron chi connectivity index (χ0n) is 13.1. The van der Waals surface area contributed by atoms with Crippen molar-refractivity contribution in [2.75, 3.05) is 6.61 Å². The minimum absolute atomic E-state index is 0.140. The number of ether oxygens (including phenoxy) is 1. The molecule has 6 nitrogen and oxygen atoms in total. The van der Waals surface area contributed by atoms with Crippen LogP contribution in [0.15, 0.2) is 43.5 Å². The number of fused-ring (bicyclic) bond motifs is 1. The summed E-state index contributed by atoms with van der Waals surface area (Å²) in [6.45, 7) is 5.57. The van der Waals surface area contributed by atoms with Crippen LogP contribution < -0.4 is 4.74 Å². The molecule has 0 radical (unpaired) electrons. The Hall–Kier alpha value is -2.73. The summed E-state index contributed by atoms with van der Waals surface area (Å²) in [6.07, 6.45) is 9.16. The summed E-state index contributed by atoms with van der Waals surface area (Å²) in [4.78, 5) is 24.4. The average Bonchev–Trinajstić information content (AvgIpc) is 3.03. The van der Waals surface area contributed by atoms with E-state index in [9.17, 15) is 4.79 Å². The smallest absolute Gasteiger partial charge is 0.258 e. The monoisotopic (exact) mass is 342 g/mol. The second-order valence-electron chi connectivity index (χ2n) is 5.12. The molecular weight excluding hydrogens is 328 g/mol. The SMILES string of the molecule is C=CCCOc1nc(-c2cc(C(C)=O)ncc2Cl)cn2ccnc12. The topological polar surface area (TPSA) is 69.4 Å². The maximum Gasteiger partial charge on any atom is 0.258 e. The molecule has 7 heteroatoms. The lowest BCUT2D eigenvalue weighted by Crippen LogP contribution is -2.03. The number of carbonyl (C=O) groups is 1. The third kappa shape index (κ3) is 3.14. The number of carbonyl (C=O) groups excluding carboxylic acids is 1. The zero-order chi connectivity index (χ0) is 17.1. The molecule has 0 bridgehead atoms. The number of pyridine rings is 1. The lowest BCUT2D eigenvalue weighted by molar-refractivity contribution is 0.101. The molecule has 0 saturated heterocycles. The summed E-state index contributed by atoms with van der Waals surface area (Å²) >= 11 is 6.25. The minimum Gasteiger partial charge on any atom is -0.475 e. The standard InChI is InChI=1S/C17H15ClN4O2/c1-3-4-7-24-17-16-19-5-6-22(16)10-15(21-17)12-8-14(11(2)23)20-9-13(12)18/h3,5-6,8-10H,1,4,7H2,2H3. The van der Waals surface area contributed by atoms with Gasteiger partial charge in [-0.2, -0.15) is 0 Å². The van der Waals surface area contributed by atoms with Crippen LogP contribution in [0.3, 0.4) is 0 Å². The van der Waals surface area contributed by atoms with E-state index >= 15 is 0 Å². The number of nitrogens with zero attached hydrogens (tertiary/aromatic N) is 4. The van der Waals surface area contributed by atoms with Gasteiger partial charge in [-0.05, 0) is 12.5 Å². The number of Topliss-reactive ketones (excluding diaryl/α,β-unsaturated/α-hetero) is 1. The molecule has 24 heavy (non-hydrogen) atoms. The van der Waals surface area contributed by atoms with Crippen molar-refractivity contribution in [1.29, 1.82) is 0 Å². The van der Waals surface area contributed by atoms with Crippen LogP contribution >= 0.6 is 11.6 Å². The third-order valence-electron chi connectivity index (χ3n) is 3.40. The molecule has 0 aliphatic carbocycles. The number of halogens is 1. The summed E-state index contributed by atoms with van der Waals surface area (Å²) in [7, 11) is 0. The summed E-state index contributed by atoms with van der Waals surface area (Å²) < 4.78 is 7.51. The summed E-state index contributed by atoms with van der Waals surface area (Å²) in [6, 6.07) is 1.63. The first kappa shape index (κ1) is 16.1. The van der Waals surface area contributed by atoms with Gasteiger partial charge in [0.2, 0.25) is 5.65 Å². The Morgan fingerprint density at radius 3 is 3.04 bits per heavy atom. The van der Waals surface area contributed by atoms with Gasteiger partial charge in [0.1, 0.15) is 5.69 Å². The first-order valence-electron chi connectivity index (χ1n) is 7.34. The Morgan fingerprint density at radius 1 is 1.46 bits per heavy atom. The molecule has 0 aliphatic rings. The van der Waals surface area contributed by atoms with Crippen molar-refractivity contribution in [1.82, 2.24) is 19.4 Å². The van der Waals surface area contributed by atoms with Crippen molar-refractivity contribution < 1.29 is 9.53 Å². The number of hydrogen-bond donors (Lipinski definition) is 0. The van der Waals surface area contributed by atoms with E-state index in [1.54, 1.807) is 35.1 Å². The first-order chi connectivity index (χ1) is 11.6. The van der Waals surface area contributed by atoms with Gasteiger partial charge in [0, 0.05) is 37.3 Å². The van der Waals surface area contributed by atoms with Crippen molar-refractivity contribution in [3.63, 3.8) is 0 Å². The molecule has 0 atom stereocenters. The summed E-state index contributed by atoms with van der Waals surface area (Å²) in [5, 5.41) is 0.406. The fraction of sp³-hybridized carbons (Fsp3) is 0.176. The van der Waals surface area contributed by atoms with Crippen molar-refractivity contribution in [3.8, 4) is 17.1 Å². The summed E-state index contributed by atoms with van der Waals surface area (Å²) in [5.41, 5.74) is 2.13. The molecule has 3 rings (SSSR count). The van der Waals surface area contributed by atoms with Crippen LogP contribution in [0, 0.1) is 0 Å². The second kappa shape index (κ2) is 6.80. The molecule has 0 amide bonds. The first-order valence-corrected chi connectivity index (χ1v) is 7.72. The number of imidazole rings is 1. The maximum absolute atomic E-state index is 11.6. The lowest BCUT2D eigenvalue weighted by Gasteiger charge is -2.10. The van der Waals surface area contributed by atoms with Crippen molar-refractivity contribution in [3.05, 3.63) is 54.2 Å². The second-order valence-corrected chi connectivity index (χ2v) is 5.53. The highest BCUT2D eigenvalue weighted by atomic mass is 35.5. The number of hydrogen-bond acceptors (Lipinski definition) is 5. The lowest BCUT2D eigenvalue weighted by atomic mass is 10.1. The van der Waals surface area contributed by atoms with E-state index in [1.807, 2.05) is 0 Å². The van der Waals surface area contributed by atoms with Crippen molar-refractivity contribution in [2.24, 2.45) is 0 Å². The predicted octanol–water partition coefficient (Wildman–Crippen LogP) is 3.60. The van der Waals surface area contributed by atoms with Crippen LogP contribution in [0.2, 0.25) is 5.02 Å². The molecular formula is C17H15ClN4O2. The van der Waals surface area contributed by atoms with E-state index < -0.39 is 0 Å². The Bertz CT molecular complexity index is 920. The molecule has 0 N–H and O–H groups in total. The normalized spacial score (nSPS) is 10.8. The van der Waals surface area contributed by atoms with Crippen LogP contribution in [0.4, 0.5) is 0 Å². The van der Waals surface area contributed by atoms with E-state index in [0.717, 1.165) is 0 Å². The van der Waals surface area contributed by atoms with E-state index in [1.165, 1.54) is 13.1 Å². The quantitative estimate of drug-likeness (QED) is 0.389. The van der Waals surface area contributed by atoms with Crippen LogP contribution in [0.1, 0.15) is 23.8 Å². The van der Waals surface area contributed by atoms with Crippen LogP contribution in [0.5, 0.6) is 5.88 Å². The van der Waals surface area contributed by atoms with Crippen molar-refractivity contribution in [2.45, 2.75) is 13.3 Å². The minimum atomic E-state index is -0.140. The molecule has 0 fully saturated rings. The number of rotatable bonds is 6. The fourth-order valence-corrected chi connectivity index (χ4v) is 2.40. The predicted molar refractivity (Wildman–Crippen MR) is 91.5 cm³/mol. The highest BCUT2D eigenvalue weighted by Gasteiger charge is 2.14. The average molecular weight is 343 g/mol. The highest BCUT2D eigenvalue weighted by molar-refractivity contribution is 6.33. The molecule has 0 aliphatic heterocycles. The van der Waals surface area contributed by atoms with Gasteiger partial charge in [0.15, 0.2) is 5.78 Å². The Balaban J connectivity index is 2.11. The highest BCUT2D eigenvalue weighted by Crippen LogP contribution is 2.29. The van der Waals surface area contributed by atoms with Gasteiger partial charge in [-0.3, -0.25) is 9.78 Å². The van der Waals surface area contributed by atoms with Gasteiger partial charge in [0.05, 0.1) is 17.3 Å². The Labute approximate surface area is 143 Å². The van der Waals surface area contributed by atoms with Crippen LogP contribution in [-0.4, -0.2) is 31.7 Å². The van der Waals surface area contributed by atoms with Gasteiger partial charge in [0.25, 0.3) is 5.88 Å². The van der Waals surface area contributed by atoms with E-state index in [-0.39, 0.29) is 5.78 Å². The summed E-state index contributed by atoms with van der Waals surface area (Å²) in [5.74, 6) is 0.260. The number of aromatic nitrogens is 4. The molecule has 3 aromatic rings.